The molecule has 0 amide bonds. The minimum Gasteiger partial charge on any atom is -0.373 e. The summed E-state index contributed by atoms with van der Waals surface area (Å²) in [5.41, 5.74) is 0.797. The SMILES string of the molecule is Cc1cc([N+](=O)[O-])cnc1NCC1CN2CCCC2CO1. The van der Waals surface area contributed by atoms with Crippen LogP contribution in [0.5, 0.6) is 0 Å². The Morgan fingerprint density at radius 3 is 3.24 bits per heavy atom. The second kappa shape index (κ2) is 5.95. The maximum Gasteiger partial charge on any atom is 0.287 e. The summed E-state index contributed by atoms with van der Waals surface area (Å²) in [6.07, 6.45) is 3.93. The average molecular weight is 292 g/mol. The molecule has 0 aliphatic carbocycles. The van der Waals surface area contributed by atoms with Gasteiger partial charge in [0.05, 0.1) is 17.6 Å². The first-order valence-electron chi connectivity index (χ1n) is 7.34. The van der Waals surface area contributed by atoms with Crippen molar-refractivity contribution in [1.82, 2.24) is 9.88 Å². The van der Waals surface area contributed by atoms with Gasteiger partial charge < -0.3 is 10.1 Å². The summed E-state index contributed by atoms with van der Waals surface area (Å²) in [5, 5.41) is 13.9. The molecule has 7 heteroatoms. The predicted octanol–water partition coefficient (Wildman–Crippen LogP) is 1.57. The lowest BCUT2D eigenvalue weighted by atomic mass is 10.2. The van der Waals surface area contributed by atoms with Crippen molar-refractivity contribution in [3.8, 4) is 0 Å². The number of fused-ring (bicyclic) bond motifs is 1. The van der Waals surface area contributed by atoms with Gasteiger partial charge >= 0.3 is 0 Å². The van der Waals surface area contributed by atoms with Crippen molar-refractivity contribution in [2.24, 2.45) is 0 Å². The maximum absolute atomic E-state index is 10.7. The van der Waals surface area contributed by atoms with Crippen molar-refractivity contribution < 1.29 is 9.66 Å². The maximum atomic E-state index is 10.7. The standard InChI is InChI=1S/C14H20N4O3/c1-10-5-12(18(19)20)6-15-14(10)16-7-13-8-17-4-2-3-11(17)9-21-13/h5-6,11,13H,2-4,7-9H2,1H3,(H,15,16). The molecule has 0 aromatic carbocycles. The van der Waals surface area contributed by atoms with E-state index in [0.717, 1.165) is 18.7 Å². The Morgan fingerprint density at radius 1 is 1.62 bits per heavy atom. The van der Waals surface area contributed by atoms with Crippen molar-refractivity contribution in [2.75, 3.05) is 31.6 Å². The summed E-state index contributed by atoms with van der Waals surface area (Å²) in [7, 11) is 0. The highest BCUT2D eigenvalue weighted by Gasteiger charge is 2.32. The van der Waals surface area contributed by atoms with Crippen LogP contribution in [0.15, 0.2) is 12.3 Å². The van der Waals surface area contributed by atoms with E-state index in [1.165, 1.54) is 31.6 Å². The lowest BCUT2D eigenvalue weighted by molar-refractivity contribution is -0.385. The highest BCUT2D eigenvalue weighted by molar-refractivity contribution is 5.48. The zero-order valence-corrected chi connectivity index (χ0v) is 12.1. The summed E-state index contributed by atoms with van der Waals surface area (Å²) in [6, 6.07) is 2.13. The number of hydrogen-bond acceptors (Lipinski definition) is 6. The fraction of sp³-hybridized carbons (Fsp3) is 0.643. The summed E-state index contributed by atoms with van der Waals surface area (Å²) < 4.78 is 5.88. The van der Waals surface area contributed by atoms with E-state index >= 15 is 0 Å². The minimum atomic E-state index is -0.429. The van der Waals surface area contributed by atoms with Crippen LogP contribution >= 0.6 is 0 Å². The van der Waals surface area contributed by atoms with Gasteiger partial charge in [0.25, 0.3) is 5.69 Å². The molecule has 2 aliphatic heterocycles. The van der Waals surface area contributed by atoms with Crippen LogP contribution < -0.4 is 5.32 Å². The zero-order valence-electron chi connectivity index (χ0n) is 12.1. The number of aromatic nitrogens is 1. The number of nitrogens with one attached hydrogen (secondary N) is 1. The van der Waals surface area contributed by atoms with Crippen molar-refractivity contribution in [3.63, 3.8) is 0 Å². The van der Waals surface area contributed by atoms with E-state index < -0.39 is 4.92 Å². The first-order chi connectivity index (χ1) is 10.1. The fourth-order valence-electron chi connectivity index (χ4n) is 3.06. The van der Waals surface area contributed by atoms with E-state index in [1.54, 1.807) is 0 Å². The van der Waals surface area contributed by atoms with Crippen molar-refractivity contribution in [3.05, 3.63) is 27.9 Å². The molecule has 1 N–H and O–H groups in total. The highest BCUT2D eigenvalue weighted by Crippen LogP contribution is 2.23. The molecule has 0 spiro atoms. The van der Waals surface area contributed by atoms with Crippen molar-refractivity contribution >= 4 is 11.5 Å². The van der Waals surface area contributed by atoms with Crippen LogP contribution in [0.3, 0.4) is 0 Å². The van der Waals surface area contributed by atoms with Crippen molar-refractivity contribution in [2.45, 2.75) is 31.9 Å². The molecule has 114 valence electrons. The Balaban J connectivity index is 1.56. The monoisotopic (exact) mass is 292 g/mol. The lowest BCUT2D eigenvalue weighted by Crippen LogP contribution is -2.48. The molecular weight excluding hydrogens is 272 g/mol. The van der Waals surface area contributed by atoms with Crippen molar-refractivity contribution in [1.29, 1.82) is 0 Å². The molecule has 3 rings (SSSR count). The molecular formula is C14H20N4O3. The zero-order chi connectivity index (χ0) is 14.8. The molecule has 0 bridgehead atoms. The van der Waals surface area contributed by atoms with Gasteiger partial charge in [-0.25, -0.2) is 4.98 Å². The smallest absolute Gasteiger partial charge is 0.287 e. The Morgan fingerprint density at radius 2 is 2.48 bits per heavy atom. The number of hydrogen-bond donors (Lipinski definition) is 1. The van der Waals surface area contributed by atoms with Gasteiger partial charge in [-0.15, -0.1) is 0 Å². The number of aryl methyl sites for hydroxylation is 1. The van der Waals surface area contributed by atoms with E-state index in [2.05, 4.69) is 15.2 Å². The number of nitro groups is 1. The fourth-order valence-corrected chi connectivity index (χ4v) is 3.06. The first-order valence-corrected chi connectivity index (χ1v) is 7.34. The van der Waals surface area contributed by atoms with Gasteiger partial charge in [0.1, 0.15) is 12.0 Å². The molecule has 3 heterocycles. The molecule has 1 aromatic rings. The number of nitrogens with zero attached hydrogens (tertiary/aromatic N) is 3. The third kappa shape index (κ3) is 3.14. The topological polar surface area (TPSA) is 80.5 Å². The molecule has 2 atom stereocenters. The van der Waals surface area contributed by atoms with Gasteiger partial charge in [0, 0.05) is 25.2 Å². The summed E-state index contributed by atoms with van der Waals surface area (Å²) in [5.74, 6) is 0.688. The molecule has 2 unspecified atom stereocenters. The summed E-state index contributed by atoms with van der Waals surface area (Å²) >= 11 is 0. The molecule has 2 saturated heterocycles. The lowest BCUT2D eigenvalue weighted by Gasteiger charge is -2.35. The predicted molar refractivity (Wildman–Crippen MR) is 78.5 cm³/mol. The number of anilines is 1. The molecule has 1 aromatic heterocycles. The molecule has 0 saturated carbocycles. The van der Waals surface area contributed by atoms with Crippen LogP contribution in [0.25, 0.3) is 0 Å². The van der Waals surface area contributed by atoms with E-state index in [-0.39, 0.29) is 11.8 Å². The minimum absolute atomic E-state index is 0.0203. The molecule has 0 radical (unpaired) electrons. The van der Waals surface area contributed by atoms with Crippen LogP contribution in [-0.4, -0.2) is 53.2 Å². The van der Waals surface area contributed by atoms with Crippen LogP contribution in [0.4, 0.5) is 11.5 Å². The second-order valence-electron chi connectivity index (χ2n) is 5.74. The summed E-state index contributed by atoms with van der Waals surface area (Å²) in [6.45, 7) is 5.41. The van der Waals surface area contributed by atoms with Crippen LogP contribution in [0.1, 0.15) is 18.4 Å². The Bertz CT molecular complexity index is 537. The molecule has 2 aliphatic rings. The largest absolute Gasteiger partial charge is 0.373 e. The Hall–Kier alpha value is -1.73. The summed E-state index contributed by atoms with van der Waals surface area (Å²) in [4.78, 5) is 16.9. The van der Waals surface area contributed by atoms with Gasteiger partial charge in [0.2, 0.25) is 0 Å². The molecule has 2 fully saturated rings. The number of rotatable bonds is 4. The molecule has 21 heavy (non-hydrogen) atoms. The number of ether oxygens (including phenoxy) is 1. The van der Waals surface area contributed by atoms with Crippen LogP contribution in [0, 0.1) is 17.0 Å². The van der Waals surface area contributed by atoms with Gasteiger partial charge in [-0.3, -0.25) is 15.0 Å². The molecule has 7 nitrogen and oxygen atoms in total. The van der Waals surface area contributed by atoms with E-state index in [1.807, 2.05) is 6.92 Å². The highest BCUT2D eigenvalue weighted by atomic mass is 16.6. The second-order valence-corrected chi connectivity index (χ2v) is 5.74. The first kappa shape index (κ1) is 14.2. The Labute approximate surface area is 123 Å². The van der Waals surface area contributed by atoms with E-state index in [4.69, 9.17) is 4.74 Å². The van der Waals surface area contributed by atoms with Gasteiger partial charge in [-0.1, -0.05) is 0 Å². The van der Waals surface area contributed by atoms with Crippen LogP contribution in [-0.2, 0) is 4.74 Å². The number of morpholine rings is 1. The normalized spacial score (nSPS) is 25.6. The van der Waals surface area contributed by atoms with Crippen LogP contribution in [0.2, 0.25) is 0 Å². The van der Waals surface area contributed by atoms with Gasteiger partial charge in [-0.2, -0.15) is 0 Å². The third-order valence-electron chi connectivity index (χ3n) is 4.23. The third-order valence-corrected chi connectivity index (χ3v) is 4.23. The van der Waals surface area contributed by atoms with Gasteiger partial charge in [0.15, 0.2) is 0 Å². The van der Waals surface area contributed by atoms with E-state index in [9.17, 15) is 10.1 Å². The van der Waals surface area contributed by atoms with Gasteiger partial charge in [-0.05, 0) is 31.9 Å². The Kier molecular flexibility index (Phi) is 4.03. The number of pyridine rings is 1. The average Bonchev–Trinajstić information content (AvgIpc) is 2.93. The quantitative estimate of drug-likeness (QED) is 0.670. The van der Waals surface area contributed by atoms with E-state index in [0.29, 0.717) is 18.4 Å².